The number of esters is 1. The number of rotatable bonds is 8. The quantitative estimate of drug-likeness (QED) is 0.214. The maximum atomic E-state index is 12.8. The summed E-state index contributed by atoms with van der Waals surface area (Å²) in [5, 5.41) is 15.0. The molecule has 0 aliphatic carbocycles. The second-order valence-electron chi connectivity index (χ2n) is 5.76. The van der Waals surface area contributed by atoms with Gasteiger partial charge >= 0.3 is 12.1 Å². The van der Waals surface area contributed by atoms with Crippen molar-refractivity contribution in [2.24, 2.45) is 5.10 Å². The second kappa shape index (κ2) is 10.4. The van der Waals surface area contributed by atoms with Gasteiger partial charge in [0.05, 0.1) is 32.8 Å². The molecule has 0 aliphatic heterocycles. The Bertz CT molecular complexity index is 994. The Morgan fingerprint density at radius 3 is 2.65 bits per heavy atom. The third kappa shape index (κ3) is 6.82. The molecule has 0 fully saturated rings. The highest BCUT2D eigenvalue weighted by Crippen LogP contribution is 2.36. The fourth-order valence-electron chi connectivity index (χ4n) is 2.26. The molecule has 0 aromatic heterocycles. The molecule has 2 aromatic rings. The van der Waals surface area contributed by atoms with Gasteiger partial charge in [-0.3, -0.25) is 15.5 Å². The highest BCUT2D eigenvalue weighted by molar-refractivity contribution is 9.10. The highest BCUT2D eigenvalue weighted by Gasteiger charge is 2.33. The normalized spacial score (nSPS) is 11.4. The van der Waals surface area contributed by atoms with E-state index >= 15 is 0 Å². The van der Waals surface area contributed by atoms with Gasteiger partial charge < -0.3 is 9.47 Å². The third-order valence-electron chi connectivity index (χ3n) is 3.58. The van der Waals surface area contributed by atoms with E-state index in [0.29, 0.717) is 22.2 Å². The van der Waals surface area contributed by atoms with E-state index in [2.05, 4.69) is 26.5 Å². The topological polar surface area (TPSA) is 103 Å². The Kier molecular flexibility index (Phi) is 8.22. The van der Waals surface area contributed by atoms with Gasteiger partial charge in [-0.1, -0.05) is 11.6 Å². The number of ether oxygens (including phenoxy) is 2. The molecule has 0 amide bonds. The zero-order chi connectivity index (χ0) is 23.2. The molecule has 31 heavy (non-hydrogen) atoms. The number of carbonyl (C=O) groups excluding carboxylic acids is 1. The van der Waals surface area contributed by atoms with Gasteiger partial charge in [-0.2, -0.15) is 18.3 Å². The molecule has 13 heteroatoms. The van der Waals surface area contributed by atoms with E-state index in [1.54, 1.807) is 13.0 Å². The van der Waals surface area contributed by atoms with Gasteiger partial charge in [-0.15, -0.1) is 0 Å². The van der Waals surface area contributed by atoms with Crippen LogP contribution in [0, 0.1) is 10.1 Å². The lowest BCUT2D eigenvalue weighted by Crippen LogP contribution is -2.15. The van der Waals surface area contributed by atoms with Crippen LogP contribution in [0.2, 0.25) is 5.02 Å². The summed E-state index contributed by atoms with van der Waals surface area (Å²) in [4.78, 5) is 21.5. The molecule has 8 nitrogen and oxygen atoms in total. The summed E-state index contributed by atoms with van der Waals surface area (Å²) in [5.74, 6) is -0.378. The molecule has 0 aliphatic rings. The number of alkyl halides is 3. The number of anilines is 1. The Morgan fingerprint density at radius 1 is 1.35 bits per heavy atom. The van der Waals surface area contributed by atoms with E-state index < -0.39 is 28.3 Å². The zero-order valence-corrected chi connectivity index (χ0v) is 18.0. The van der Waals surface area contributed by atoms with Gasteiger partial charge in [0.15, 0.2) is 12.4 Å². The molecule has 0 spiro atoms. The van der Waals surface area contributed by atoms with Crippen LogP contribution in [0.3, 0.4) is 0 Å². The summed E-state index contributed by atoms with van der Waals surface area (Å²) >= 11 is 9.37. The number of halogens is 5. The van der Waals surface area contributed by atoms with Gasteiger partial charge in [0, 0.05) is 6.07 Å². The lowest BCUT2D eigenvalue weighted by Gasteiger charge is -2.10. The van der Waals surface area contributed by atoms with Crippen LogP contribution in [0.5, 0.6) is 5.75 Å². The van der Waals surface area contributed by atoms with Crippen LogP contribution in [-0.4, -0.2) is 30.3 Å². The highest BCUT2D eigenvalue weighted by atomic mass is 79.9. The summed E-state index contributed by atoms with van der Waals surface area (Å²) < 4.78 is 48.7. The summed E-state index contributed by atoms with van der Waals surface area (Å²) in [6, 6.07) is 5.01. The molecule has 166 valence electrons. The first-order valence-electron chi connectivity index (χ1n) is 8.45. The molecule has 2 rings (SSSR count). The maximum absolute atomic E-state index is 12.8. The van der Waals surface area contributed by atoms with Gasteiger partial charge in [0.1, 0.15) is 5.69 Å². The predicted molar refractivity (Wildman–Crippen MR) is 111 cm³/mol. The molecular formula is C18H14BrClF3N3O5. The number of nitrogens with zero attached hydrogens (tertiary/aromatic N) is 2. The van der Waals surface area contributed by atoms with Crippen molar-refractivity contribution >= 4 is 51.1 Å². The summed E-state index contributed by atoms with van der Waals surface area (Å²) in [7, 11) is 0. The van der Waals surface area contributed by atoms with E-state index in [-0.39, 0.29) is 29.7 Å². The molecule has 0 saturated heterocycles. The average Bonchev–Trinajstić information content (AvgIpc) is 2.66. The minimum atomic E-state index is -4.72. The number of hydrazone groups is 1. The van der Waals surface area contributed by atoms with Crippen molar-refractivity contribution < 1.29 is 32.4 Å². The minimum absolute atomic E-state index is 0.139. The van der Waals surface area contributed by atoms with Crippen molar-refractivity contribution in [2.45, 2.75) is 13.1 Å². The van der Waals surface area contributed by atoms with E-state index in [1.165, 1.54) is 12.3 Å². The molecule has 0 unspecified atom stereocenters. The third-order valence-corrected chi connectivity index (χ3v) is 4.45. The number of nitro benzene ring substituents is 1. The molecular weight excluding hydrogens is 511 g/mol. The van der Waals surface area contributed by atoms with Gasteiger partial charge in [-0.05, 0) is 52.7 Å². The van der Waals surface area contributed by atoms with Gasteiger partial charge in [0.2, 0.25) is 0 Å². The van der Waals surface area contributed by atoms with E-state index in [0.717, 1.165) is 6.07 Å². The molecule has 0 heterocycles. The number of hydrogen-bond donors (Lipinski definition) is 1. The van der Waals surface area contributed by atoms with Crippen molar-refractivity contribution in [3.05, 3.63) is 61.1 Å². The standard InChI is InChI=1S/C18H14BrClF3N3O5/c1-2-30-16(27)9-31-17-12(19)5-10(6-13(17)20)8-24-25-14-4-3-11(18(21,22)23)7-15(14)26(28)29/h3-8,25H,2,9H2,1H3/b24-8-. The zero-order valence-electron chi connectivity index (χ0n) is 15.7. The Hall–Kier alpha value is -2.86. The summed E-state index contributed by atoms with van der Waals surface area (Å²) in [6.45, 7) is 1.51. The second-order valence-corrected chi connectivity index (χ2v) is 7.03. The molecule has 1 N–H and O–H groups in total. The van der Waals surface area contributed by atoms with Crippen LogP contribution in [0.1, 0.15) is 18.1 Å². The number of nitro groups is 1. The van der Waals surface area contributed by atoms with Crippen LogP contribution >= 0.6 is 27.5 Å². The first-order valence-corrected chi connectivity index (χ1v) is 9.62. The van der Waals surface area contributed by atoms with E-state index in [4.69, 9.17) is 21.1 Å². The van der Waals surface area contributed by atoms with E-state index in [9.17, 15) is 28.1 Å². The fraction of sp³-hybridized carbons (Fsp3) is 0.222. The Morgan fingerprint density at radius 2 is 2.06 bits per heavy atom. The van der Waals surface area contributed by atoms with Crippen molar-refractivity contribution in [1.82, 2.24) is 0 Å². The molecule has 0 radical (unpaired) electrons. The number of benzene rings is 2. The summed E-state index contributed by atoms with van der Waals surface area (Å²) in [5.41, 5.74) is 0.610. The first kappa shape index (κ1) is 24.4. The van der Waals surface area contributed by atoms with Crippen LogP contribution < -0.4 is 10.2 Å². The Labute approximate surface area is 187 Å². The number of nitrogens with one attached hydrogen (secondary N) is 1. The number of carbonyl (C=O) groups is 1. The van der Waals surface area contributed by atoms with Crippen molar-refractivity contribution in [3.8, 4) is 5.75 Å². The first-order chi connectivity index (χ1) is 14.5. The average molecular weight is 525 g/mol. The van der Waals surface area contributed by atoms with Crippen LogP contribution in [0.15, 0.2) is 39.9 Å². The van der Waals surface area contributed by atoms with Gasteiger partial charge in [-0.25, -0.2) is 4.79 Å². The lowest BCUT2D eigenvalue weighted by atomic mass is 10.1. The lowest BCUT2D eigenvalue weighted by molar-refractivity contribution is -0.384. The minimum Gasteiger partial charge on any atom is -0.479 e. The van der Waals surface area contributed by atoms with Crippen molar-refractivity contribution in [1.29, 1.82) is 0 Å². The smallest absolute Gasteiger partial charge is 0.416 e. The monoisotopic (exact) mass is 523 g/mol. The largest absolute Gasteiger partial charge is 0.479 e. The fourth-order valence-corrected chi connectivity index (χ4v) is 3.24. The van der Waals surface area contributed by atoms with Crippen LogP contribution in [-0.2, 0) is 15.7 Å². The SMILES string of the molecule is CCOC(=O)COc1c(Cl)cc(/C=N\Nc2ccc(C(F)(F)F)cc2[N+](=O)[O-])cc1Br. The van der Waals surface area contributed by atoms with E-state index in [1.807, 2.05) is 0 Å². The summed E-state index contributed by atoms with van der Waals surface area (Å²) in [6.07, 6.45) is -3.47. The van der Waals surface area contributed by atoms with Crippen molar-refractivity contribution in [3.63, 3.8) is 0 Å². The van der Waals surface area contributed by atoms with Gasteiger partial charge in [0.25, 0.3) is 5.69 Å². The van der Waals surface area contributed by atoms with Crippen molar-refractivity contribution in [2.75, 3.05) is 18.6 Å². The predicted octanol–water partition coefficient (Wildman–Crippen LogP) is 5.42. The Balaban J connectivity index is 2.16. The molecule has 2 aromatic carbocycles. The number of hydrogen-bond acceptors (Lipinski definition) is 7. The molecule has 0 bridgehead atoms. The molecule has 0 saturated carbocycles. The van der Waals surface area contributed by atoms with Crippen LogP contribution in [0.25, 0.3) is 0 Å². The molecule has 0 atom stereocenters. The van der Waals surface area contributed by atoms with Crippen LogP contribution in [0.4, 0.5) is 24.5 Å². The maximum Gasteiger partial charge on any atom is 0.416 e.